The van der Waals surface area contributed by atoms with Gasteiger partial charge in [0.25, 0.3) is 0 Å². The van der Waals surface area contributed by atoms with E-state index in [0.29, 0.717) is 0 Å². The van der Waals surface area contributed by atoms with Gasteiger partial charge in [0.2, 0.25) is 0 Å². The first-order valence-corrected chi connectivity index (χ1v) is 6.08. The van der Waals surface area contributed by atoms with E-state index < -0.39 is 0 Å². The first-order valence-electron chi connectivity index (χ1n) is 6.08. The Morgan fingerprint density at radius 2 is 2.17 bits per heavy atom. The largest absolute Gasteiger partial charge is 0.463 e. The van der Waals surface area contributed by atoms with E-state index in [1.165, 1.54) is 11.1 Å². The van der Waals surface area contributed by atoms with Crippen molar-refractivity contribution in [3.63, 3.8) is 0 Å². The van der Waals surface area contributed by atoms with Crippen molar-refractivity contribution in [3.05, 3.63) is 53.2 Å². The standard InChI is InChI=1S/C15H16N2O/c1-10-5-7-18-15(10)13-8-11(2)12-4-6-16-9-14(12)17(13)3/h4-9,14H,1-3H3. The third-order valence-corrected chi connectivity index (χ3v) is 3.59. The first kappa shape index (κ1) is 11.1. The van der Waals surface area contributed by atoms with Crippen molar-refractivity contribution in [2.45, 2.75) is 19.9 Å². The van der Waals surface area contributed by atoms with Gasteiger partial charge >= 0.3 is 0 Å². The summed E-state index contributed by atoms with van der Waals surface area (Å²) < 4.78 is 5.61. The van der Waals surface area contributed by atoms with Crippen molar-refractivity contribution in [1.29, 1.82) is 0 Å². The lowest BCUT2D eigenvalue weighted by atomic mass is 9.93. The van der Waals surface area contributed by atoms with Crippen molar-refractivity contribution in [2.75, 3.05) is 7.05 Å². The molecule has 1 atom stereocenters. The van der Waals surface area contributed by atoms with Gasteiger partial charge in [-0.05, 0) is 48.8 Å². The van der Waals surface area contributed by atoms with Crippen LogP contribution in [0.3, 0.4) is 0 Å². The molecule has 1 aromatic heterocycles. The second-order valence-electron chi connectivity index (χ2n) is 4.77. The van der Waals surface area contributed by atoms with Gasteiger partial charge in [-0.3, -0.25) is 4.99 Å². The van der Waals surface area contributed by atoms with Crippen LogP contribution in [0.1, 0.15) is 18.2 Å². The molecule has 0 radical (unpaired) electrons. The molecule has 1 aromatic rings. The van der Waals surface area contributed by atoms with Crippen molar-refractivity contribution in [1.82, 2.24) is 4.90 Å². The van der Waals surface area contributed by atoms with Crippen LogP contribution in [0.5, 0.6) is 0 Å². The zero-order valence-electron chi connectivity index (χ0n) is 10.8. The molecule has 1 unspecified atom stereocenters. The Kier molecular flexibility index (Phi) is 2.47. The van der Waals surface area contributed by atoms with Crippen LogP contribution in [-0.4, -0.2) is 24.2 Å². The molecule has 0 aromatic carbocycles. The molecule has 0 bridgehead atoms. The lowest BCUT2D eigenvalue weighted by Crippen LogP contribution is -2.36. The van der Waals surface area contributed by atoms with E-state index >= 15 is 0 Å². The maximum atomic E-state index is 5.61. The molecule has 3 nitrogen and oxygen atoms in total. The van der Waals surface area contributed by atoms with Crippen molar-refractivity contribution >= 4 is 11.9 Å². The number of aliphatic imine (C=N–C) groups is 1. The molecule has 2 aliphatic rings. The van der Waals surface area contributed by atoms with Crippen LogP contribution in [0.25, 0.3) is 5.70 Å². The number of rotatable bonds is 1. The van der Waals surface area contributed by atoms with Gasteiger partial charge in [0.15, 0.2) is 5.76 Å². The van der Waals surface area contributed by atoms with Crippen LogP contribution in [0.15, 0.2) is 51.2 Å². The van der Waals surface area contributed by atoms with Crippen molar-refractivity contribution < 1.29 is 4.42 Å². The van der Waals surface area contributed by atoms with E-state index in [4.69, 9.17) is 4.42 Å². The molecule has 0 N–H and O–H groups in total. The maximum absolute atomic E-state index is 5.61. The predicted molar refractivity (Wildman–Crippen MR) is 73.3 cm³/mol. The number of likely N-dealkylation sites (N-methyl/N-ethyl adjacent to an activating group) is 1. The van der Waals surface area contributed by atoms with Crippen LogP contribution in [-0.2, 0) is 0 Å². The fourth-order valence-electron chi connectivity index (χ4n) is 2.51. The Morgan fingerprint density at radius 1 is 1.33 bits per heavy atom. The maximum Gasteiger partial charge on any atom is 0.152 e. The molecule has 2 aliphatic heterocycles. The fourth-order valence-corrected chi connectivity index (χ4v) is 2.51. The fraction of sp³-hybridized carbons (Fsp3) is 0.267. The lowest BCUT2D eigenvalue weighted by Gasteiger charge is -2.35. The van der Waals surface area contributed by atoms with E-state index in [0.717, 1.165) is 17.0 Å². The van der Waals surface area contributed by atoms with Gasteiger partial charge in [-0.15, -0.1) is 0 Å². The average molecular weight is 240 g/mol. The van der Waals surface area contributed by atoms with Crippen LogP contribution in [0.2, 0.25) is 0 Å². The second kappa shape index (κ2) is 4.02. The minimum Gasteiger partial charge on any atom is -0.463 e. The molecule has 0 fully saturated rings. The van der Waals surface area contributed by atoms with Crippen molar-refractivity contribution in [3.8, 4) is 0 Å². The van der Waals surface area contributed by atoms with Crippen LogP contribution in [0.4, 0.5) is 0 Å². The minimum atomic E-state index is 0.208. The molecule has 0 saturated carbocycles. The van der Waals surface area contributed by atoms with Gasteiger partial charge in [-0.25, -0.2) is 0 Å². The quantitative estimate of drug-likeness (QED) is 0.754. The Morgan fingerprint density at radius 3 is 2.89 bits per heavy atom. The molecule has 0 amide bonds. The van der Waals surface area contributed by atoms with Crippen LogP contribution in [0, 0.1) is 6.92 Å². The molecular weight excluding hydrogens is 224 g/mol. The summed E-state index contributed by atoms with van der Waals surface area (Å²) >= 11 is 0. The van der Waals surface area contributed by atoms with Crippen LogP contribution < -0.4 is 0 Å². The van der Waals surface area contributed by atoms with Gasteiger partial charge in [-0.1, -0.05) is 0 Å². The highest BCUT2D eigenvalue weighted by Crippen LogP contribution is 2.33. The average Bonchev–Trinajstić information content (AvgIpc) is 2.80. The van der Waals surface area contributed by atoms with E-state index in [2.05, 4.69) is 42.9 Å². The van der Waals surface area contributed by atoms with Gasteiger partial charge in [0.1, 0.15) is 0 Å². The van der Waals surface area contributed by atoms with Crippen LogP contribution >= 0.6 is 0 Å². The topological polar surface area (TPSA) is 28.7 Å². The van der Waals surface area contributed by atoms with Gasteiger partial charge in [0.05, 0.1) is 18.0 Å². The Labute approximate surface area is 107 Å². The summed E-state index contributed by atoms with van der Waals surface area (Å²) in [7, 11) is 2.08. The summed E-state index contributed by atoms with van der Waals surface area (Å²) in [6.45, 7) is 4.20. The number of hydrogen-bond donors (Lipinski definition) is 0. The molecule has 3 heteroatoms. The highest BCUT2D eigenvalue weighted by atomic mass is 16.3. The van der Waals surface area contributed by atoms with Gasteiger partial charge in [-0.2, -0.15) is 0 Å². The lowest BCUT2D eigenvalue weighted by molar-refractivity contribution is 0.438. The predicted octanol–water partition coefficient (Wildman–Crippen LogP) is 3.16. The summed E-state index contributed by atoms with van der Waals surface area (Å²) in [5, 5.41) is 0. The molecule has 3 heterocycles. The van der Waals surface area contributed by atoms with E-state index in [9.17, 15) is 0 Å². The molecule has 0 aliphatic carbocycles. The zero-order chi connectivity index (χ0) is 12.7. The van der Waals surface area contributed by atoms with Gasteiger partial charge in [0, 0.05) is 19.5 Å². The smallest absolute Gasteiger partial charge is 0.152 e. The Hall–Kier alpha value is -2.03. The van der Waals surface area contributed by atoms with E-state index in [-0.39, 0.29) is 6.04 Å². The third-order valence-electron chi connectivity index (χ3n) is 3.59. The summed E-state index contributed by atoms with van der Waals surface area (Å²) in [5.41, 5.74) is 4.85. The molecule has 92 valence electrons. The van der Waals surface area contributed by atoms with Gasteiger partial charge < -0.3 is 9.32 Å². The number of furan rings is 1. The summed E-state index contributed by atoms with van der Waals surface area (Å²) in [5.74, 6) is 0.943. The number of fused-ring (bicyclic) bond motifs is 1. The number of aryl methyl sites for hydroxylation is 1. The summed E-state index contributed by atoms with van der Waals surface area (Å²) in [4.78, 5) is 6.45. The number of hydrogen-bond acceptors (Lipinski definition) is 3. The van der Waals surface area contributed by atoms with E-state index in [1.54, 1.807) is 6.26 Å². The second-order valence-corrected chi connectivity index (χ2v) is 4.77. The first-order chi connectivity index (χ1) is 8.68. The summed E-state index contributed by atoms with van der Waals surface area (Å²) in [6.07, 6.45) is 9.83. The summed E-state index contributed by atoms with van der Waals surface area (Å²) in [6, 6.07) is 2.20. The molecule has 0 saturated heterocycles. The van der Waals surface area contributed by atoms with Crippen molar-refractivity contribution in [2.24, 2.45) is 4.99 Å². The molecule has 0 spiro atoms. The Bertz CT molecular complexity index is 602. The Balaban J connectivity index is 2.12. The number of allylic oxidation sites excluding steroid dienone is 2. The SMILES string of the molecule is CC1=C2C=CN=CC2N(C)C(c2occc2C)=C1. The van der Waals surface area contributed by atoms with E-state index in [1.807, 2.05) is 18.5 Å². The minimum absolute atomic E-state index is 0.208. The normalized spacial score (nSPS) is 22.3. The zero-order valence-corrected chi connectivity index (χ0v) is 10.8. The number of nitrogens with zero attached hydrogens (tertiary/aromatic N) is 2. The molecule has 3 rings (SSSR count). The highest BCUT2D eigenvalue weighted by molar-refractivity contribution is 5.81. The third kappa shape index (κ3) is 1.55. The molecule has 18 heavy (non-hydrogen) atoms. The highest BCUT2D eigenvalue weighted by Gasteiger charge is 2.27. The monoisotopic (exact) mass is 240 g/mol. The molecular formula is C15H16N2O.